The van der Waals surface area contributed by atoms with Gasteiger partial charge < -0.3 is 11.1 Å². The van der Waals surface area contributed by atoms with Crippen LogP contribution in [0.5, 0.6) is 0 Å². The number of amides is 1. The molecular weight excluding hydrogens is 247 g/mol. The molecule has 0 radical (unpaired) electrons. The largest absolute Gasteiger partial charge is 0.368 e. The summed E-state index contributed by atoms with van der Waals surface area (Å²) in [7, 11) is 0. The molecule has 1 aromatic heterocycles. The third kappa shape index (κ3) is 2.46. The lowest BCUT2D eigenvalue weighted by Gasteiger charge is -2.42. The second-order valence-corrected chi connectivity index (χ2v) is 4.68. The molecule has 1 saturated heterocycles. The van der Waals surface area contributed by atoms with Crippen LogP contribution in [0.2, 0.25) is 0 Å². The normalized spacial score (nSPS) is 19.9. The first-order valence-electron chi connectivity index (χ1n) is 6.49. The van der Waals surface area contributed by atoms with Gasteiger partial charge in [-0.05, 0) is 18.6 Å². The van der Waals surface area contributed by atoms with Crippen LogP contribution in [-0.4, -0.2) is 42.0 Å². The van der Waals surface area contributed by atoms with Crippen molar-refractivity contribution in [1.82, 2.24) is 15.2 Å². The maximum absolute atomic E-state index is 13.0. The number of hydrogen-bond acceptors (Lipinski definition) is 4. The number of halogens is 1. The highest BCUT2D eigenvalue weighted by Gasteiger charge is 2.44. The second-order valence-electron chi connectivity index (χ2n) is 4.68. The standard InChI is InChI=1S/C13H19FN4O/c1-2-13(12(15)19,18-7-5-16-6-8-18)11-4-3-10(14)9-17-11/h3-4,9,16H,2,5-8H2,1H3,(H2,15,19). The van der Waals surface area contributed by atoms with E-state index in [4.69, 9.17) is 5.73 Å². The van der Waals surface area contributed by atoms with Gasteiger partial charge in [0.15, 0.2) is 0 Å². The first kappa shape index (κ1) is 13.9. The molecule has 2 heterocycles. The summed E-state index contributed by atoms with van der Waals surface area (Å²) in [4.78, 5) is 18.2. The van der Waals surface area contributed by atoms with Crippen LogP contribution in [0.3, 0.4) is 0 Å². The van der Waals surface area contributed by atoms with Gasteiger partial charge >= 0.3 is 0 Å². The molecule has 0 spiro atoms. The Balaban J connectivity index is 2.43. The molecule has 1 atom stereocenters. The lowest BCUT2D eigenvalue weighted by atomic mass is 9.87. The number of pyridine rings is 1. The van der Waals surface area contributed by atoms with E-state index in [1.165, 1.54) is 6.07 Å². The number of carbonyl (C=O) groups is 1. The molecule has 1 amide bonds. The zero-order valence-corrected chi connectivity index (χ0v) is 11.0. The molecule has 6 heteroatoms. The van der Waals surface area contributed by atoms with Crippen molar-refractivity contribution in [3.05, 3.63) is 29.8 Å². The Labute approximate surface area is 112 Å². The molecule has 0 bridgehead atoms. The number of rotatable bonds is 4. The fourth-order valence-corrected chi connectivity index (χ4v) is 2.69. The van der Waals surface area contributed by atoms with E-state index in [1.807, 2.05) is 11.8 Å². The third-order valence-electron chi connectivity index (χ3n) is 3.73. The quantitative estimate of drug-likeness (QED) is 0.817. The lowest BCUT2D eigenvalue weighted by Crippen LogP contribution is -2.60. The van der Waals surface area contributed by atoms with Crippen molar-refractivity contribution >= 4 is 5.91 Å². The van der Waals surface area contributed by atoms with E-state index in [0.717, 1.165) is 32.4 Å². The van der Waals surface area contributed by atoms with Crippen LogP contribution in [0.1, 0.15) is 19.0 Å². The summed E-state index contributed by atoms with van der Waals surface area (Å²) >= 11 is 0. The highest BCUT2D eigenvalue weighted by molar-refractivity contribution is 5.85. The van der Waals surface area contributed by atoms with E-state index >= 15 is 0 Å². The number of piperazine rings is 1. The zero-order valence-electron chi connectivity index (χ0n) is 11.0. The van der Waals surface area contributed by atoms with Crippen LogP contribution in [0.15, 0.2) is 18.3 Å². The predicted molar refractivity (Wildman–Crippen MR) is 69.8 cm³/mol. The Morgan fingerprint density at radius 2 is 2.21 bits per heavy atom. The monoisotopic (exact) mass is 266 g/mol. The third-order valence-corrected chi connectivity index (χ3v) is 3.73. The van der Waals surface area contributed by atoms with E-state index in [0.29, 0.717) is 12.1 Å². The number of hydrogen-bond donors (Lipinski definition) is 2. The van der Waals surface area contributed by atoms with Crippen LogP contribution in [0, 0.1) is 5.82 Å². The summed E-state index contributed by atoms with van der Waals surface area (Å²) in [5.74, 6) is -0.852. The molecule has 0 aromatic carbocycles. The molecule has 1 aliphatic rings. The van der Waals surface area contributed by atoms with Gasteiger partial charge in [-0.15, -0.1) is 0 Å². The molecule has 3 N–H and O–H groups in total. The molecular formula is C13H19FN4O. The Hall–Kier alpha value is -1.53. The minimum atomic E-state index is -0.949. The van der Waals surface area contributed by atoms with Gasteiger partial charge in [-0.25, -0.2) is 4.39 Å². The van der Waals surface area contributed by atoms with E-state index in [1.54, 1.807) is 6.07 Å². The highest BCUT2D eigenvalue weighted by atomic mass is 19.1. The maximum Gasteiger partial charge on any atom is 0.244 e. The Bertz CT molecular complexity index is 444. The van der Waals surface area contributed by atoms with Crippen LogP contribution >= 0.6 is 0 Å². The fraction of sp³-hybridized carbons (Fsp3) is 0.538. The summed E-state index contributed by atoms with van der Waals surface area (Å²) in [6.45, 7) is 4.94. The highest BCUT2D eigenvalue weighted by Crippen LogP contribution is 2.31. The average Bonchev–Trinajstić information content (AvgIpc) is 2.43. The van der Waals surface area contributed by atoms with Gasteiger partial charge in [0.25, 0.3) is 0 Å². The van der Waals surface area contributed by atoms with Gasteiger partial charge in [0.2, 0.25) is 5.91 Å². The Kier molecular flexibility index (Phi) is 4.11. The number of nitrogens with two attached hydrogens (primary N) is 1. The van der Waals surface area contributed by atoms with Crippen molar-refractivity contribution < 1.29 is 9.18 Å². The summed E-state index contributed by atoms with van der Waals surface area (Å²) in [6.07, 6.45) is 1.64. The van der Waals surface area contributed by atoms with Crippen molar-refractivity contribution in [2.75, 3.05) is 26.2 Å². The number of nitrogens with one attached hydrogen (secondary N) is 1. The minimum Gasteiger partial charge on any atom is -0.368 e. The first-order chi connectivity index (χ1) is 9.11. The minimum absolute atomic E-state index is 0.418. The number of primary amides is 1. The average molecular weight is 266 g/mol. The second kappa shape index (κ2) is 5.63. The molecule has 0 saturated carbocycles. The SMILES string of the molecule is CCC(C(N)=O)(c1ccc(F)cn1)N1CCNCC1. The van der Waals surface area contributed by atoms with Gasteiger partial charge in [0, 0.05) is 26.2 Å². The van der Waals surface area contributed by atoms with Gasteiger partial charge in [-0.1, -0.05) is 6.92 Å². The van der Waals surface area contributed by atoms with Crippen LogP contribution < -0.4 is 11.1 Å². The van der Waals surface area contributed by atoms with Crippen LogP contribution in [-0.2, 0) is 10.3 Å². The molecule has 0 aliphatic carbocycles. The molecule has 104 valence electrons. The lowest BCUT2D eigenvalue weighted by molar-refractivity contribution is -0.132. The molecule has 1 fully saturated rings. The van der Waals surface area contributed by atoms with Crippen molar-refractivity contribution in [3.63, 3.8) is 0 Å². The van der Waals surface area contributed by atoms with Crippen molar-refractivity contribution in [2.45, 2.75) is 18.9 Å². The summed E-state index contributed by atoms with van der Waals surface area (Å²) in [5.41, 5.74) is 5.22. The van der Waals surface area contributed by atoms with Crippen LogP contribution in [0.25, 0.3) is 0 Å². The fourth-order valence-electron chi connectivity index (χ4n) is 2.69. The molecule has 2 rings (SSSR count). The van der Waals surface area contributed by atoms with E-state index < -0.39 is 17.3 Å². The van der Waals surface area contributed by atoms with Gasteiger partial charge in [0.05, 0.1) is 11.9 Å². The maximum atomic E-state index is 13.0. The van der Waals surface area contributed by atoms with E-state index in [2.05, 4.69) is 10.3 Å². The topological polar surface area (TPSA) is 71.2 Å². The van der Waals surface area contributed by atoms with Crippen molar-refractivity contribution in [2.24, 2.45) is 5.73 Å². The molecule has 1 aromatic rings. The first-order valence-corrected chi connectivity index (χ1v) is 6.49. The summed E-state index contributed by atoms with van der Waals surface area (Å²) < 4.78 is 13.0. The summed E-state index contributed by atoms with van der Waals surface area (Å²) in [5, 5.41) is 3.24. The molecule has 19 heavy (non-hydrogen) atoms. The number of carbonyl (C=O) groups excluding carboxylic acids is 1. The predicted octanol–water partition coefficient (Wildman–Crippen LogP) is 0.217. The number of nitrogens with zero attached hydrogens (tertiary/aromatic N) is 2. The molecule has 1 aliphatic heterocycles. The van der Waals surface area contributed by atoms with Crippen LogP contribution in [0.4, 0.5) is 4.39 Å². The zero-order chi connectivity index (χ0) is 13.9. The van der Waals surface area contributed by atoms with Gasteiger partial charge in [-0.3, -0.25) is 14.7 Å². The molecule has 5 nitrogen and oxygen atoms in total. The molecule has 1 unspecified atom stereocenters. The summed E-state index contributed by atoms with van der Waals surface area (Å²) in [6, 6.07) is 2.86. The smallest absolute Gasteiger partial charge is 0.244 e. The Morgan fingerprint density at radius 3 is 2.68 bits per heavy atom. The van der Waals surface area contributed by atoms with E-state index in [9.17, 15) is 9.18 Å². The van der Waals surface area contributed by atoms with Gasteiger partial charge in [0.1, 0.15) is 11.4 Å². The van der Waals surface area contributed by atoms with Gasteiger partial charge in [-0.2, -0.15) is 0 Å². The Morgan fingerprint density at radius 1 is 1.53 bits per heavy atom. The number of aromatic nitrogens is 1. The van der Waals surface area contributed by atoms with E-state index in [-0.39, 0.29) is 0 Å². The van der Waals surface area contributed by atoms with Crippen molar-refractivity contribution in [1.29, 1.82) is 0 Å². The van der Waals surface area contributed by atoms with Crippen molar-refractivity contribution in [3.8, 4) is 0 Å².